The van der Waals surface area contributed by atoms with Gasteiger partial charge in [-0.25, -0.2) is 13.6 Å². The topological polar surface area (TPSA) is 100 Å². The van der Waals surface area contributed by atoms with Gasteiger partial charge >= 0.3 is 5.97 Å². The summed E-state index contributed by atoms with van der Waals surface area (Å²) in [6, 6.07) is 7.91. The average Bonchev–Trinajstić information content (AvgIpc) is 3.00. The number of ether oxygens (including phenoxy) is 1. The van der Waals surface area contributed by atoms with Gasteiger partial charge in [-0.3, -0.25) is 9.59 Å². The molecule has 0 fully saturated rings. The van der Waals surface area contributed by atoms with E-state index in [0.29, 0.717) is 5.56 Å². The van der Waals surface area contributed by atoms with Crippen molar-refractivity contribution >= 4 is 34.4 Å². The van der Waals surface area contributed by atoms with E-state index in [9.17, 15) is 23.2 Å². The monoisotopic (exact) mass is 415 g/mol. The van der Waals surface area contributed by atoms with Crippen LogP contribution in [0.4, 0.5) is 14.5 Å². The van der Waals surface area contributed by atoms with Crippen molar-refractivity contribution in [3.8, 4) is 0 Å². The number of carbonyl (C=O) groups is 3. The van der Waals surface area contributed by atoms with Gasteiger partial charge in [-0.2, -0.15) is 0 Å². The summed E-state index contributed by atoms with van der Waals surface area (Å²) < 4.78 is 31.0. The lowest BCUT2D eigenvalue weighted by atomic mass is 10.1. The third kappa shape index (κ3) is 4.80. The maximum absolute atomic E-state index is 13.1. The molecule has 3 aromatic rings. The minimum absolute atomic E-state index is 0.0465. The Labute approximate surface area is 170 Å². The normalized spacial score (nSPS) is 10.7. The molecule has 9 heteroatoms. The Hall–Kier alpha value is -3.75. The van der Waals surface area contributed by atoms with E-state index in [1.807, 2.05) is 13.8 Å². The fourth-order valence-corrected chi connectivity index (χ4v) is 2.81. The second-order valence-corrected chi connectivity index (χ2v) is 6.67. The summed E-state index contributed by atoms with van der Waals surface area (Å²) in [5.41, 5.74) is 3.26. The molecule has 0 spiro atoms. The lowest BCUT2D eigenvalue weighted by Crippen LogP contribution is -2.35. The number of halogens is 2. The van der Waals surface area contributed by atoms with Crippen molar-refractivity contribution in [3.63, 3.8) is 0 Å². The highest BCUT2D eigenvalue weighted by Crippen LogP contribution is 2.22. The van der Waals surface area contributed by atoms with Crippen LogP contribution in [0.5, 0.6) is 0 Å². The van der Waals surface area contributed by atoms with Gasteiger partial charge in [-0.15, -0.1) is 0 Å². The van der Waals surface area contributed by atoms with Crippen molar-refractivity contribution in [3.05, 3.63) is 64.9 Å². The van der Waals surface area contributed by atoms with Crippen molar-refractivity contribution in [2.24, 2.45) is 0 Å². The summed E-state index contributed by atoms with van der Waals surface area (Å²) in [6.07, 6.45) is 0. The van der Waals surface area contributed by atoms with Crippen LogP contribution in [0.2, 0.25) is 0 Å². The first-order chi connectivity index (χ1) is 14.2. The first kappa shape index (κ1) is 21.0. The molecule has 156 valence electrons. The maximum Gasteiger partial charge on any atom is 0.338 e. The zero-order valence-electron chi connectivity index (χ0n) is 16.3. The number of benzene rings is 2. The van der Waals surface area contributed by atoms with Crippen LogP contribution in [-0.2, 0) is 14.3 Å². The van der Waals surface area contributed by atoms with E-state index in [2.05, 4.69) is 15.6 Å². The average molecular weight is 415 g/mol. The van der Waals surface area contributed by atoms with E-state index in [4.69, 9.17) is 4.74 Å². The Bertz CT molecular complexity index is 1140. The van der Waals surface area contributed by atoms with Gasteiger partial charge in [-0.1, -0.05) is 0 Å². The SMILES string of the molecule is Cc1[nH]c2ccc(C(=O)OCC(=O)NCC(=O)Nc3ccc(F)c(F)c3)cc2c1C. The van der Waals surface area contributed by atoms with Gasteiger partial charge in [0.15, 0.2) is 18.2 Å². The molecule has 1 aromatic heterocycles. The van der Waals surface area contributed by atoms with Gasteiger partial charge in [0.25, 0.3) is 5.91 Å². The van der Waals surface area contributed by atoms with Gasteiger partial charge in [0, 0.05) is 28.4 Å². The predicted molar refractivity (Wildman–Crippen MR) is 106 cm³/mol. The van der Waals surface area contributed by atoms with Crippen LogP contribution in [0.1, 0.15) is 21.6 Å². The second kappa shape index (κ2) is 8.73. The van der Waals surface area contributed by atoms with Gasteiger partial charge < -0.3 is 20.4 Å². The number of carbonyl (C=O) groups excluding carboxylic acids is 3. The number of hydrogen-bond acceptors (Lipinski definition) is 4. The van der Waals surface area contributed by atoms with Crippen LogP contribution in [0.15, 0.2) is 36.4 Å². The number of esters is 1. The Morgan fingerprint density at radius 3 is 2.50 bits per heavy atom. The van der Waals surface area contributed by atoms with Crippen molar-refractivity contribution in [1.82, 2.24) is 10.3 Å². The number of amides is 2. The molecule has 2 aromatic carbocycles. The highest BCUT2D eigenvalue weighted by molar-refractivity contribution is 5.97. The van der Waals surface area contributed by atoms with E-state index in [-0.39, 0.29) is 5.69 Å². The second-order valence-electron chi connectivity index (χ2n) is 6.67. The van der Waals surface area contributed by atoms with Crippen molar-refractivity contribution in [2.45, 2.75) is 13.8 Å². The molecule has 3 N–H and O–H groups in total. The first-order valence-corrected chi connectivity index (χ1v) is 9.02. The van der Waals surface area contributed by atoms with E-state index in [1.165, 1.54) is 6.07 Å². The van der Waals surface area contributed by atoms with Crippen molar-refractivity contribution in [2.75, 3.05) is 18.5 Å². The molecule has 0 saturated heterocycles. The summed E-state index contributed by atoms with van der Waals surface area (Å²) >= 11 is 0. The minimum atomic E-state index is -1.10. The van der Waals surface area contributed by atoms with Crippen molar-refractivity contribution < 1.29 is 27.9 Å². The number of anilines is 1. The van der Waals surface area contributed by atoms with E-state index in [1.54, 1.807) is 18.2 Å². The molecule has 3 rings (SSSR count). The Kier molecular flexibility index (Phi) is 6.10. The number of aromatic nitrogens is 1. The fourth-order valence-electron chi connectivity index (χ4n) is 2.81. The van der Waals surface area contributed by atoms with Crippen LogP contribution < -0.4 is 10.6 Å². The number of nitrogens with one attached hydrogen (secondary N) is 3. The van der Waals surface area contributed by atoms with E-state index >= 15 is 0 Å². The molecule has 1 heterocycles. The number of rotatable bonds is 6. The fraction of sp³-hybridized carbons (Fsp3) is 0.190. The molecule has 2 amide bonds. The number of fused-ring (bicyclic) bond motifs is 1. The molecule has 0 aliphatic rings. The molecule has 0 bridgehead atoms. The molecule has 0 unspecified atom stereocenters. The number of aryl methyl sites for hydroxylation is 2. The van der Waals surface area contributed by atoms with Crippen molar-refractivity contribution in [1.29, 1.82) is 0 Å². The third-order valence-corrected chi connectivity index (χ3v) is 4.53. The maximum atomic E-state index is 13.1. The summed E-state index contributed by atoms with van der Waals surface area (Å²) in [6.45, 7) is 2.87. The first-order valence-electron chi connectivity index (χ1n) is 9.02. The zero-order chi connectivity index (χ0) is 21.8. The quantitative estimate of drug-likeness (QED) is 0.539. The lowest BCUT2D eigenvalue weighted by Gasteiger charge is -2.08. The summed E-state index contributed by atoms with van der Waals surface area (Å²) in [5.74, 6) is -4.14. The molecule has 0 saturated carbocycles. The zero-order valence-corrected chi connectivity index (χ0v) is 16.3. The van der Waals surface area contributed by atoms with Crippen LogP contribution in [-0.4, -0.2) is 35.9 Å². The third-order valence-electron chi connectivity index (χ3n) is 4.53. The molecule has 7 nitrogen and oxygen atoms in total. The predicted octanol–water partition coefficient (Wildman–Crippen LogP) is 2.97. The molecular formula is C21H19F2N3O4. The summed E-state index contributed by atoms with van der Waals surface area (Å²) in [5, 5.41) is 5.47. The minimum Gasteiger partial charge on any atom is -0.452 e. The highest BCUT2D eigenvalue weighted by Gasteiger charge is 2.14. The Balaban J connectivity index is 1.48. The van der Waals surface area contributed by atoms with Crippen LogP contribution in [0.25, 0.3) is 10.9 Å². The molecule has 30 heavy (non-hydrogen) atoms. The number of H-pyrrole nitrogens is 1. The molecule has 0 aliphatic heterocycles. The Morgan fingerprint density at radius 2 is 1.77 bits per heavy atom. The largest absolute Gasteiger partial charge is 0.452 e. The van der Waals surface area contributed by atoms with E-state index < -0.39 is 42.6 Å². The van der Waals surface area contributed by atoms with E-state index in [0.717, 1.165) is 34.3 Å². The molecule has 0 radical (unpaired) electrons. The van der Waals surface area contributed by atoms with Gasteiger partial charge in [0.1, 0.15) is 0 Å². The number of hydrogen-bond donors (Lipinski definition) is 3. The van der Waals surface area contributed by atoms with Crippen LogP contribution >= 0.6 is 0 Å². The highest BCUT2D eigenvalue weighted by atomic mass is 19.2. The Morgan fingerprint density at radius 1 is 1.00 bits per heavy atom. The van der Waals surface area contributed by atoms with Crippen LogP contribution in [0.3, 0.4) is 0 Å². The smallest absolute Gasteiger partial charge is 0.338 e. The summed E-state index contributed by atoms with van der Waals surface area (Å²) in [4.78, 5) is 39.0. The molecular weight excluding hydrogens is 396 g/mol. The standard InChI is InChI=1S/C21H19F2N3O4/c1-11-12(2)25-18-6-3-13(7-15(11)18)21(29)30-10-20(28)24-9-19(27)26-14-4-5-16(22)17(23)8-14/h3-8,25H,9-10H2,1-2H3,(H,24,28)(H,26,27). The van der Waals surface area contributed by atoms with Crippen LogP contribution in [0, 0.1) is 25.5 Å². The lowest BCUT2D eigenvalue weighted by molar-refractivity contribution is -0.126. The van der Waals surface area contributed by atoms with Gasteiger partial charge in [-0.05, 0) is 49.7 Å². The molecule has 0 atom stereocenters. The van der Waals surface area contributed by atoms with Gasteiger partial charge in [0.05, 0.1) is 12.1 Å². The van der Waals surface area contributed by atoms with Gasteiger partial charge in [0.2, 0.25) is 5.91 Å². The number of aromatic amines is 1. The molecule has 0 aliphatic carbocycles. The summed E-state index contributed by atoms with van der Waals surface area (Å²) in [7, 11) is 0.